The van der Waals surface area contributed by atoms with Crippen LogP contribution in [0.25, 0.3) is 0 Å². The molecule has 3 atom stereocenters. The first kappa shape index (κ1) is 17.0. The number of aryl methyl sites for hydroxylation is 1. The van der Waals surface area contributed by atoms with Crippen LogP contribution in [0.4, 0.5) is 0 Å². The van der Waals surface area contributed by atoms with E-state index in [1.165, 1.54) is 24.8 Å². The van der Waals surface area contributed by atoms with E-state index in [9.17, 15) is 0 Å². The van der Waals surface area contributed by atoms with E-state index in [-0.39, 0.29) is 0 Å². The normalized spacial score (nSPS) is 30.2. The van der Waals surface area contributed by atoms with Crippen molar-refractivity contribution in [1.29, 1.82) is 0 Å². The van der Waals surface area contributed by atoms with Crippen LogP contribution in [0.5, 0.6) is 5.75 Å². The topological polar surface area (TPSA) is 18.5 Å². The van der Waals surface area contributed by atoms with Gasteiger partial charge >= 0.3 is 0 Å². The summed E-state index contributed by atoms with van der Waals surface area (Å²) in [4.78, 5) is 0. The summed E-state index contributed by atoms with van der Waals surface area (Å²) >= 11 is 0. The van der Waals surface area contributed by atoms with E-state index in [0.29, 0.717) is 23.0 Å². The minimum atomic E-state index is -1.60. The van der Waals surface area contributed by atoms with Crippen LogP contribution in [0, 0.1) is 5.41 Å². The Balaban J connectivity index is 1.87. The SMILES string of the molecule is COc1ccc2c(c1)CC[C@]1(C)[C@@H](O[Si](C)(C)C(C)C)CC[C@@H]21. The van der Waals surface area contributed by atoms with E-state index in [1.54, 1.807) is 12.7 Å². The van der Waals surface area contributed by atoms with Gasteiger partial charge < -0.3 is 9.16 Å². The van der Waals surface area contributed by atoms with Crippen molar-refractivity contribution in [3.8, 4) is 5.75 Å². The van der Waals surface area contributed by atoms with E-state index in [4.69, 9.17) is 9.16 Å². The summed E-state index contributed by atoms with van der Waals surface area (Å²) in [6.07, 6.45) is 5.32. The minimum absolute atomic E-state index is 0.306. The number of ether oxygens (including phenoxy) is 1. The Morgan fingerprint density at radius 3 is 2.61 bits per heavy atom. The van der Waals surface area contributed by atoms with Crippen LogP contribution in [-0.4, -0.2) is 21.5 Å². The highest BCUT2D eigenvalue weighted by Gasteiger charge is 2.51. The Bertz CT molecular complexity index is 581. The third kappa shape index (κ3) is 2.87. The highest BCUT2D eigenvalue weighted by molar-refractivity contribution is 6.72. The van der Waals surface area contributed by atoms with Crippen LogP contribution >= 0.6 is 0 Å². The molecule has 0 bridgehead atoms. The average molecular weight is 333 g/mol. The Morgan fingerprint density at radius 1 is 1.22 bits per heavy atom. The van der Waals surface area contributed by atoms with Crippen molar-refractivity contribution < 1.29 is 9.16 Å². The molecule has 1 fully saturated rings. The monoisotopic (exact) mass is 332 g/mol. The molecule has 2 nitrogen and oxygen atoms in total. The molecule has 2 aliphatic carbocycles. The van der Waals surface area contributed by atoms with Crippen LogP contribution in [0.2, 0.25) is 18.6 Å². The van der Waals surface area contributed by atoms with Crippen molar-refractivity contribution in [2.24, 2.45) is 5.41 Å². The lowest BCUT2D eigenvalue weighted by atomic mass is 9.66. The van der Waals surface area contributed by atoms with Crippen LogP contribution in [-0.2, 0) is 10.8 Å². The molecule has 2 aliphatic rings. The van der Waals surface area contributed by atoms with Gasteiger partial charge in [-0.1, -0.05) is 26.8 Å². The van der Waals surface area contributed by atoms with Gasteiger partial charge in [-0.3, -0.25) is 0 Å². The Morgan fingerprint density at radius 2 is 1.96 bits per heavy atom. The molecule has 0 saturated heterocycles. The highest BCUT2D eigenvalue weighted by atomic mass is 28.4. The van der Waals surface area contributed by atoms with Crippen molar-refractivity contribution in [3.63, 3.8) is 0 Å². The van der Waals surface area contributed by atoms with E-state index in [0.717, 1.165) is 12.2 Å². The van der Waals surface area contributed by atoms with Gasteiger partial charge in [-0.05, 0) is 78.9 Å². The van der Waals surface area contributed by atoms with Crippen molar-refractivity contribution in [1.82, 2.24) is 0 Å². The first-order valence-corrected chi connectivity index (χ1v) is 12.1. The van der Waals surface area contributed by atoms with Crippen molar-refractivity contribution in [2.45, 2.75) is 77.1 Å². The standard InChI is InChI=1S/C20H32O2Si/c1-14(2)23(5,6)22-19-10-9-18-17-8-7-16(21-4)13-15(17)11-12-20(18,19)3/h7-8,13-14,18-19H,9-12H2,1-6H3/t18-,19-,20-/m0/s1. The lowest BCUT2D eigenvalue weighted by molar-refractivity contribution is 0.0574. The van der Waals surface area contributed by atoms with E-state index in [2.05, 4.69) is 52.1 Å². The summed E-state index contributed by atoms with van der Waals surface area (Å²) in [5.74, 6) is 1.64. The van der Waals surface area contributed by atoms with E-state index >= 15 is 0 Å². The lowest BCUT2D eigenvalue weighted by Gasteiger charge is -2.44. The second kappa shape index (κ2) is 5.93. The van der Waals surface area contributed by atoms with E-state index < -0.39 is 8.32 Å². The van der Waals surface area contributed by atoms with Crippen LogP contribution in [0.15, 0.2) is 18.2 Å². The summed E-state index contributed by atoms with van der Waals surface area (Å²) in [5, 5.41) is 0. The number of benzene rings is 1. The highest BCUT2D eigenvalue weighted by Crippen LogP contribution is 2.57. The molecule has 23 heavy (non-hydrogen) atoms. The molecule has 0 aromatic heterocycles. The van der Waals surface area contributed by atoms with Crippen molar-refractivity contribution in [3.05, 3.63) is 29.3 Å². The fourth-order valence-corrected chi connectivity index (χ4v) is 5.81. The molecule has 1 aromatic carbocycles. The maximum absolute atomic E-state index is 6.81. The third-order valence-electron chi connectivity index (χ3n) is 6.74. The molecule has 1 aromatic rings. The molecule has 0 radical (unpaired) electrons. The molecule has 3 rings (SSSR count). The molecule has 0 aliphatic heterocycles. The van der Waals surface area contributed by atoms with Crippen LogP contribution in [0.3, 0.4) is 0 Å². The van der Waals surface area contributed by atoms with Crippen molar-refractivity contribution in [2.75, 3.05) is 7.11 Å². The summed E-state index contributed by atoms with van der Waals surface area (Å²) in [7, 11) is 0.161. The summed E-state index contributed by atoms with van der Waals surface area (Å²) in [5.41, 5.74) is 4.02. The van der Waals surface area contributed by atoms with Gasteiger partial charge in [0.15, 0.2) is 8.32 Å². The molecular formula is C20H32O2Si. The summed E-state index contributed by atoms with van der Waals surface area (Å²) in [6.45, 7) is 11.9. The van der Waals surface area contributed by atoms with Gasteiger partial charge in [0, 0.05) is 0 Å². The zero-order chi connectivity index (χ0) is 16.8. The number of rotatable bonds is 4. The first-order valence-electron chi connectivity index (χ1n) is 9.12. The van der Waals surface area contributed by atoms with Gasteiger partial charge in [0.05, 0.1) is 13.2 Å². The van der Waals surface area contributed by atoms with Gasteiger partial charge in [-0.15, -0.1) is 0 Å². The second-order valence-corrected chi connectivity index (χ2v) is 13.2. The maximum Gasteiger partial charge on any atom is 0.189 e. The summed E-state index contributed by atoms with van der Waals surface area (Å²) in [6, 6.07) is 6.69. The molecule has 1 saturated carbocycles. The number of methoxy groups -OCH3 is 1. The maximum atomic E-state index is 6.81. The third-order valence-corrected chi connectivity index (χ3v) is 10.4. The molecular weight excluding hydrogens is 300 g/mol. The lowest BCUT2D eigenvalue weighted by Crippen LogP contribution is -2.45. The van der Waals surface area contributed by atoms with Crippen molar-refractivity contribution >= 4 is 8.32 Å². The molecule has 0 N–H and O–H groups in total. The Labute approximate surface area is 142 Å². The van der Waals surface area contributed by atoms with Gasteiger partial charge in [-0.2, -0.15) is 0 Å². The van der Waals surface area contributed by atoms with Crippen LogP contribution < -0.4 is 4.74 Å². The van der Waals surface area contributed by atoms with Gasteiger partial charge in [0.2, 0.25) is 0 Å². The zero-order valence-electron chi connectivity index (χ0n) is 15.6. The Kier molecular flexibility index (Phi) is 4.39. The summed E-state index contributed by atoms with van der Waals surface area (Å²) < 4.78 is 12.2. The predicted molar refractivity (Wildman–Crippen MR) is 98.9 cm³/mol. The molecule has 3 heteroatoms. The van der Waals surface area contributed by atoms with Gasteiger partial charge in [0.1, 0.15) is 5.75 Å². The quantitative estimate of drug-likeness (QED) is 0.675. The largest absolute Gasteiger partial charge is 0.497 e. The van der Waals surface area contributed by atoms with Gasteiger partial charge in [0.25, 0.3) is 0 Å². The molecule has 0 amide bonds. The molecule has 128 valence electrons. The zero-order valence-corrected chi connectivity index (χ0v) is 16.6. The first-order chi connectivity index (χ1) is 10.8. The smallest absolute Gasteiger partial charge is 0.189 e. The Hall–Kier alpha value is -0.803. The number of hydrogen-bond acceptors (Lipinski definition) is 2. The second-order valence-electron chi connectivity index (χ2n) is 8.57. The van der Waals surface area contributed by atoms with Crippen LogP contribution in [0.1, 0.15) is 57.1 Å². The molecule has 0 unspecified atom stereocenters. The fraction of sp³-hybridized carbons (Fsp3) is 0.700. The molecule has 0 spiro atoms. The number of fused-ring (bicyclic) bond motifs is 3. The number of hydrogen-bond donors (Lipinski definition) is 0. The predicted octanol–water partition coefficient (Wildman–Crippen LogP) is 5.53. The average Bonchev–Trinajstić information content (AvgIpc) is 2.83. The minimum Gasteiger partial charge on any atom is -0.497 e. The molecule has 0 heterocycles. The van der Waals surface area contributed by atoms with Gasteiger partial charge in [-0.25, -0.2) is 0 Å². The van der Waals surface area contributed by atoms with E-state index in [1.807, 2.05) is 0 Å². The fourth-order valence-electron chi connectivity index (χ4n) is 4.41.